The lowest BCUT2D eigenvalue weighted by Crippen LogP contribution is -2.25. The third kappa shape index (κ3) is 2.57. The molecule has 0 aliphatic carbocycles. The average molecular weight is 231 g/mol. The molecule has 1 heterocycles. The number of halogens is 1. The summed E-state index contributed by atoms with van der Waals surface area (Å²) in [6.45, 7) is 0. The lowest BCUT2D eigenvalue weighted by atomic mass is 10.2. The smallest absolute Gasteiger partial charge is 0.278 e. The second kappa shape index (κ2) is 4.95. The molecule has 0 saturated heterocycles. The normalized spacial score (nSPS) is 9.87. The Bertz CT molecular complexity index is 370. The summed E-state index contributed by atoms with van der Waals surface area (Å²) >= 11 is 5.83. The first-order valence-corrected chi connectivity index (χ1v) is 4.49. The summed E-state index contributed by atoms with van der Waals surface area (Å²) in [7, 11) is 4.35. The van der Waals surface area contributed by atoms with Crippen LogP contribution >= 0.6 is 11.6 Å². The van der Waals surface area contributed by atoms with Crippen molar-refractivity contribution in [1.82, 2.24) is 10.0 Å². The van der Waals surface area contributed by atoms with Crippen LogP contribution in [0.25, 0.3) is 0 Å². The fourth-order valence-electron chi connectivity index (χ4n) is 0.948. The first-order chi connectivity index (χ1) is 7.10. The van der Waals surface area contributed by atoms with Crippen LogP contribution in [-0.2, 0) is 4.84 Å². The first-order valence-electron chi connectivity index (χ1n) is 4.11. The van der Waals surface area contributed by atoms with Crippen LogP contribution in [0.2, 0.25) is 5.02 Å². The molecule has 0 N–H and O–H groups in total. The zero-order valence-corrected chi connectivity index (χ0v) is 9.41. The number of pyridine rings is 1. The van der Waals surface area contributed by atoms with E-state index >= 15 is 0 Å². The van der Waals surface area contributed by atoms with Gasteiger partial charge in [0, 0.05) is 13.1 Å². The van der Waals surface area contributed by atoms with Gasteiger partial charge in [0.05, 0.1) is 31.0 Å². The van der Waals surface area contributed by atoms with Crippen LogP contribution in [0.15, 0.2) is 12.3 Å². The quantitative estimate of drug-likeness (QED) is 0.736. The summed E-state index contributed by atoms with van der Waals surface area (Å²) < 4.78 is 4.89. The maximum absolute atomic E-state index is 11.7. The van der Waals surface area contributed by atoms with Crippen molar-refractivity contribution in [3.05, 3.63) is 22.8 Å². The van der Waals surface area contributed by atoms with Crippen LogP contribution in [0.3, 0.4) is 0 Å². The summed E-state index contributed by atoms with van der Waals surface area (Å²) in [6.07, 6.45) is 1.36. The van der Waals surface area contributed by atoms with Crippen molar-refractivity contribution >= 4 is 17.5 Å². The van der Waals surface area contributed by atoms with Gasteiger partial charge in [-0.1, -0.05) is 11.6 Å². The molecule has 0 aliphatic heterocycles. The SMILES string of the molecule is COc1cc(C(=O)N(C)OC)c(Cl)cn1. The van der Waals surface area contributed by atoms with E-state index in [0.717, 1.165) is 5.06 Å². The molecule has 1 aromatic heterocycles. The molecule has 0 unspecified atom stereocenters. The molecule has 0 saturated carbocycles. The minimum atomic E-state index is -0.358. The van der Waals surface area contributed by atoms with Gasteiger partial charge in [-0.05, 0) is 0 Å². The second-order valence-electron chi connectivity index (χ2n) is 2.69. The molecule has 15 heavy (non-hydrogen) atoms. The van der Waals surface area contributed by atoms with Crippen LogP contribution in [-0.4, -0.2) is 37.2 Å². The molecule has 82 valence electrons. The van der Waals surface area contributed by atoms with Crippen LogP contribution in [0, 0.1) is 0 Å². The summed E-state index contributed by atoms with van der Waals surface area (Å²) in [5, 5.41) is 1.32. The summed E-state index contributed by atoms with van der Waals surface area (Å²) in [4.78, 5) is 20.3. The van der Waals surface area contributed by atoms with Gasteiger partial charge in [0.2, 0.25) is 5.88 Å². The molecule has 5 nitrogen and oxygen atoms in total. The van der Waals surface area contributed by atoms with Crippen LogP contribution < -0.4 is 4.74 Å². The molecule has 1 rings (SSSR count). The van der Waals surface area contributed by atoms with E-state index < -0.39 is 0 Å². The number of aromatic nitrogens is 1. The van der Waals surface area contributed by atoms with Gasteiger partial charge in [0.1, 0.15) is 0 Å². The Labute approximate surface area is 92.5 Å². The molecule has 0 radical (unpaired) electrons. The van der Waals surface area contributed by atoms with Gasteiger partial charge in [-0.15, -0.1) is 0 Å². The van der Waals surface area contributed by atoms with Gasteiger partial charge in [-0.3, -0.25) is 9.63 Å². The van der Waals surface area contributed by atoms with E-state index in [1.54, 1.807) is 0 Å². The molecule has 0 fully saturated rings. The number of hydrogen-bond acceptors (Lipinski definition) is 4. The van der Waals surface area contributed by atoms with Gasteiger partial charge in [0.25, 0.3) is 5.91 Å². The van der Waals surface area contributed by atoms with E-state index in [-0.39, 0.29) is 16.5 Å². The Hall–Kier alpha value is -1.33. The molecule has 6 heteroatoms. The van der Waals surface area contributed by atoms with Crippen molar-refractivity contribution in [2.24, 2.45) is 0 Å². The van der Waals surface area contributed by atoms with E-state index in [2.05, 4.69) is 4.98 Å². The van der Waals surface area contributed by atoms with Gasteiger partial charge >= 0.3 is 0 Å². The number of nitrogens with zero attached hydrogens (tertiary/aromatic N) is 2. The zero-order chi connectivity index (χ0) is 11.4. The Morgan fingerprint density at radius 1 is 1.53 bits per heavy atom. The average Bonchev–Trinajstić information content (AvgIpc) is 2.27. The van der Waals surface area contributed by atoms with E-state index in [0.29, 0.717) is 5.88 Å². The van der Waals surface area contributed by atoms with Crippen molar-refractivity contribution in [1.29, 1.82) is 0 Å². The highest BCUT2D eigenvalue weighted by molar-refractivity contribution is 6.33. The zero-order valence-electron chi connectivity index (χ0n) is 8.65. The Kier molecular flexibility index (Phi) is 3.88. The lowest BCUT2D eigenvalue weighted by Gasteiger charge is -2.14. The number of hydrogen-bond donors (Lipinski definition) is 0. The van der Waals surface area contributed by atoms with Crippen LogP contribution in [0.1, 0.15) is 10.4 Å². The topological polar surface area (TPSA) is 51.7 Å². The van der Waals surface area contributed by atoms with Crippen molar-refractivity contribution in [2.45, 2.75) is 0 Å². The molecule has 0 aromatic carbocycles. The minimum absolute atomic E-state index is 0.254. The highest BCUT2D eigenvalue weighted by atomic mass is 35.5. The predicted molar refractivity (Wildman–Crippen MR) is 54.9 cm³/mol. The molecule has 0 atom stereocenters. The number of ether oxygens (including phenoxy) is 1. The van der Waals surface area contributed by atoms with Gasteiger partial charge in [-0.2, -0.15) is 0 Å². The summed E-state index contributed by atoms with van der Waals surface area (Å²) in [6, 6.07) is 1.46. The van der Waals surface area contributed by atoms with Crippen molar-refractivity contribution in [3.63, 3.8) is 0 Å². The second-order valence-corrected chi connectivity index (χ2v) is 3.10. The molecule has 0 aliphatic rings. The molecule has 1 amide bonds. The monoisotopic (exact) mass is 230 g/mol. The van der Waals surface area contributed by atoms with Crippen molar-refractivity contribution in [3.8, 4) is 5.88 Å². The third-order valence-corrected chi connectivity index (χ3v) is 2.13. The van der Waals surface area contributed by atoms with Gasteiger partial charge < -0.3 is 4.74 Å². The largest absolute Gasteiger partial charge is 0.481 e. The molecule has 0 bridgehead atoms. The van der Waals surface area contributed by atoms with Gasteiger partial charge in [-0.25, -0.2) is 10.0 Å². The number of rotatable bonds is 3. The van der Waals surface area contributed by atoms with E-state index in [4.69, 9.17) is 21.2 Å². The third-order valence-electron chi connectivity index (χ3n) is 1.83. The van der Waals surface area contributed by atoms with Crippen molar-refractivity contribution in [2.75, 3.05) is 21.3 Å². The highest BCUT2D eigenvalue weighted by Crippen LogP contribution is 2.20. The Morgan fingerprint density at radius 3 is 2.73 bits per heavy atom. The van der Waals surface area contributed by atoms with E-state index in [1.807, 2.05) is 0 Å². The Morgan fingerprint density at radius 2 is 2.20 bits per heavy atom. The van der Waals surface area contributed by atoms with E-state index in [1.165, 1.54) is 33.5 Å². The summed E-state index contributed by atoms with van der Waals surface area (Å²) in [5.74, 6) is -0.0320. The molecular weight excluding hydrogens is 220 g/mol. The minimum Gasteiger partial charge on any atom is -0.481 e. The number of hydroxylamine groups is 2. The number of carbonyl (C=O) groups excluding carboxylic acids is 1. The molecule has 1 aromatic rings. The fraction of sp³-hybridized carbons (Fsp3) is 0.333. The predicted octanol–water partition coefficient (Wildman–Crippen LogP) is 1.38. The lowest BCUT2D eigenvalue weighted by molar-refractivity contribution is -0.0757. The van der Waals surface area contributed by atoms with Crippen molar-refractivity contribution < 1.29 is 14.4 Å². The Balaban J connectivity index is 3.07. The maximum Gasteiger partial charge on any atom is 0.278 e. The number of methoxy groups -OCH3 is 1. The maximum atomic E-state index is 11.7. The van der Waals surface area contributed by atoms with Crippen LogP contribution in [0.5, 0.6) is 5.88 Å². The number of carbonyl (C=O) groups is 1. The highest BCUT2D eigenvalue weighted by Gasteiger charge is 2.16. The van der Waals surface area contributed by atoms with Gasteiger partial charge in [0.15, 0.2) is 0 Å². The summed E-state index contributed by atoms with van der Waals surface area (Å²) in [5.41, 5.74) is 0.285. The standard InChI is InChI=1S/C9H11ClN2O3/c1-12(15-3)9(13)6-4-8(14-2)11-5-7(6)10/h4-5H,1-3H3. The molecule has 0 spiro atoms. The molecular formula is C9H11ClN2O3. The first kappa shape index (κ1) is 11.7. The van der Waals surface area contributed by atoms with E-state index in [9.17, 15) is 4.79 Å². The fourth-order valence-corrected chi connectivity index (χ4v) is 1.13. The number of amides is 1. The van der Waals surface area contributed by atoms with Crippen LogP contribution in [0.4, 0.5) is 0 Å².